The normalized spacial score (nSPS) is 15.3. The van der Waals surface area contributed by atoms with Crippen molar-refractivity contribution in [2.75, 3.05) is 32.1 Å². The predicted molar refractivity (Wildman–Crippen MR) is 73.3 cm³/mol. The lowest BCUT2D eigenvalue weighted by molar-refractivity contribution is 0.412. The van der Waals surface area contributed by atoms with Gasteiger partial charge in [0.05, 0.1) is 0 Å². The van der Waals surface area contributed by atoms with E-state index in [2.05, 4.69) is 48.2 Å². The monoisotopic (exact) mass is 233 g/mol. The summed E-state index contributed by atoms with van der Waals surface area (Å²) in [5.41, 5.74) is 8.17. The minimum atomic E-state index is 0.626. The highest BCUT2D eigenvalue weighted by molar-refractivity contribution is 5.49. The summed E-state index contributed by atoms with van der Waals surface area (Å²) in [6.07, 6.45) is 2.68. The molecule has 1 saturated carbocycles. The molecule has 3 heteroatoms. The van der Waals surface area contributed by atoms with Crippen molar-refractivity contribution in [3.8, 4) is 0 Å². The number of likely N-dealkylation sites (N-methyl/N-ethyl adjacent to an activating group) is 1. The molecule has 2 rings (SSSR count). The molecule has 3 nitrogen and oxygen atoms in total. The Morgan fingerprint density at radius 2 is 1.76 bits per heavy atom. The summed E-state index contributed by atoms with van der Waals surface area (Å²) in [4.78, 5) is 4.77. The van der Waals surface area contributed by atoms with Crippen LogP contribution in [0.1, 0.15) is 18.4 Å². The average Bonchev–Trinajstić information content (AvgIpc) is 3.14. The minimum absolute atomic E-state index is 0.626. The van der Waals surface area contributed by atoms with Gasteiger partial charge >= 0.3 is 0 Å². The molecule has 1 aliphatic carbocycles. The van der Waals surface area contributed by atoms with Gasteiger partial charge in [0.15, 0.2) is 0 Å². The summed E-state index contributed by atoms with van der Waals surface area (Å²) in [6, 6.07) is 9.45. The molecule has 1 aliphatic rings. The van der Waals surface area contributed by atoms with Crippen LogP contribution in [-0.4, -0.2) is 38.1 Å². The van der Waals surface area contributed by atoms with Gasteiger partial charge in [-0.15, -0.1) is 0 Å². The molecule has 1 aromatic rings. The van der Waals surface area contributed by atoms with E-state index in [9.17, 15) is 0 Å². The van der Waals surface area contributed by atoms with Crippen molar-refractivity contribution in [1.29, 1.82) is 0 Å². The van der Waals surface area contributed by atoms with Crippen LogP contribution in [0.25, 0.3) is 0 Å². The van der Waals surface area contributed by atoms with E-state index in [0.29, 0.717) is 6.54 Å². The standard InChI is InChI=1S/C14H23N3/c1-16(2)9-10-17(14-7-8-14)13-5-3-12(11-15)4-6-13/h3-6,14H,7-11,15H2,1-2H3. The van der Waals surface area contributed by atoms with Crippen molar-refractivity contribution < 1.29 is 0 Å². The van der Waals surface area contributed by atoms with Crippen molar-refractivity contribution in [2.24, 2.45) is 5.73 Å². The molecule has 1 fully saturated rings. The summed E-state index contributed by atoms with van der Waals surface area (Å²) < 4.78 is 0. The van der Waals surface area contributed by atoms with E-state index in [1.54, 1.807) is 0 Å². The number of anilines is 1. The van der Waals surface area contributed by atoms with E-state index in [1.807, 2.05) is 0 Å². The van der Waals surface area contributed by atoms with Gasteiger partial charge in [0.25, 0.3) is 0 Å². The van der Waals surface area contributed by atoms with Gasteiger partial charge in [-0.3, -0.25) is 0 Å². The second kappa shape index (κ2) is 5.52. The molecular weight excluding hydrogens is 210 g/mol. The summed E-state index contributed by atoms with van der Waals surface area (Å²) in [7, 11) is 4.26. The van der Waals surface area contributed by atoms with Gasteiger partial charge < -0.3 is 15.5 Å². The number of hydrogen-bond acceptors (Lipinski definition) is 3. The third-order valence-electron chi connectivity index (χ3n) is 3.28. The second-order valence-corrected chi connectivity index (χ2v) is 5.10. The molecule has 0 saturated heterocycles. The van der Waals surface area contributed by atoms with Gasteiger partial charge in [0.1, 0.15) is 0 Å². The molecule has 0 amide bonds. The van der Waals surface area contributed by atoms with Crippen molar-refractivity contribution >= 4 is 5.69 Å². The Balaban J connectivity index is 2.03. The van der Waals surface area contributed by atoms with Crippen molar-refractivity contribution in [3.05, 3.63) is 29.8 Å². The number of nitrogens with zero attached hydrogens (tertiary/aromatic N) is 2. The smallest absolute Gasteiger partial charge is 0.0369 e. The zero-order valence-electron chi connectivity index (χ0n) is 10.9. The van der Waals surface area contributed by atoms with E-state index in [-0.39, 0.29) is 0 Å². The molecule has 0 aliphatic heterocycles. The van der Waals surface area contributed by atoms with Crippen LogP contribution in [0.3, 0.4) is 0 Å². The zero-order chi connectivity index (χ0) is 12.3. The molecule has 0 atom stereocenters. The molecule has 0 unspecified atom stereocenters. The molecular formula is C14H23N3. The number of hydrogen-bond donors (Lipinski definition) is 1. The Morgan fingerprint density at radius 3 is 2.24 bits per heavy atom. The highest BCUT2D eigenvalue weighted by Gasteiger charge is 2.28. The Morgan fingerprint density at radius 1 is 1.12 bits per heavy atom. The van der Waals surface area contributed by atoms with Crippen molar-refractivity contribution in [1.82, 2.24) is 4.90 Å². The maximum Gasteiger partial charge on any atom is 0.0369 e. The summed E-state index contributed by atoms with van der Waals surface area (Å²) in [5, 5.41) is 0. The minimum Gasteiger partial charge on any atom is -0.367 e. The average molecular weight is 233 g/mol. The van der Waals surface area contributed by atoms with Gasteiger partial charge in [-0.2, -0.15) is 0 Å². The molecule has 17 heavy (non-hydrogen) atoms. The van der Waals surface area contributed by atoms with E-state index >= 15 is 0 Å². The fourth-order valence-electron chi connectivity index (χ4n) is 2.04. The molecule has 1 aromatic carbocycles. The molecule has 94 valence electrons. The fraction of sp³-hybridized carbons (Fsp3) is 0.571. The van der Waals surface area contributed by atoms with Crippen LogP contribution < -0.4 is 10.6 Å². The number of benzene rings is 1. The third-order valence-corrected chi connectivity index (χ3v) is 3.28. The molecule has 0 spiro atoms. The SMILES string of the molecule is CN(C)CCN(c1ccc(CN)cc1)C1CC1. The van der Waals surface area contributed by atoms with Crippen molar-refractivity contribution in [3.63, 3.8) is 0 Å². The predicted octanol–water partition coefficient (Wildman–Crippen LogP) is 1.68. The fourth-order valence-corrected chi connectivity index (χ4v) is 2.04. The lowest BCUT2D eigenvalue weighted by Crippen LogP contribution is -2.33. The van der Waals surface area contributed by atoms with Crippen LogP contribution >= 0.6 is 0 Å². The van der Waals surface area contributed by atoms with Crippen LogP contribution in [0.4, 0.5) is 5.69 Å². The van der Waals surface area contributed by atoms with Gasteiger partial charge in [0, 0.05) is 31.4 Å². The van der Waals surface area contributed by atoms with Crippen LogP contribution in [0.5, 0.6) is 0 Å². The van der Waals surface area contributed by atoms with E-state index in [0.717, 1.165) is 19.1 Å². The van der Waals surface area contributed by atoms with Gasteiger partial charge in [-0.1, -0.05) is 12.1 Å². The Labute approximate surface area is 104 Å². The molecule has 0 heterocycles. The topological polar surface area (TPSA) is 32.5 Å². The quantitative estimate of drug-likeness (QED) is 0.811. The van der Waals surface area contributed by atoms with Gasteiger partial charge in [-0.05, 0) is 44.6 Å². The first-order chi connectivity index (χ1) is 8.20. The molecule has 2 N–H and O–H groups in total. The lowest BCUT2D eigenvalue weighted by Gasteiger charge is -2.26. The largest absolute Gasteiger partial charge is 0.367 e. The summed E-state index contributed by atoms with van der Waals surface area (Å²) in [6.45, 7) is 2.84. The van der Waals surface area contributed by atoms with E-state index < -0.39 is 0 Å². The highest BCUT2D eigenvalue weighted by Crippen LogP contribution is 2.31. The maximum atomic E-state index is 5.63. The second-order valence-electron chi connectivity index (χ2n) is 5.10. The maximum absolute atomic E-state index is 5.63. The van der Waals surface area contributed by atoms with Gasteiger partial charge in [-0.25, -0.2) is 0 Å². The molecule has 0 bridgehead atoms. The van der Waals surface area contributed by atoms with Gasteiger partial charge in [0.2, 0.25) is 0 Å². The Kier molecular flexibility index (Phi) is 4.02. The van der Waals surface area contributed by atoms with E-state index in [4.69, 9.17) is 5.73 Å². The van der Waals surface area contributed by atoms with E-state index in [1.165, 1.54) is 24.1 Å². The molecule has 0 aromatic heterocycles. The summed E-state index contributed by atoms with van der Waals surface area (Å²) in [5.74, 6) is 0. The number of rotatable bonds is 6. The van der Waals surface area contributed by atoms with Crippen LogP contribution in [0.15, 0.2) is 24.3 Å². The Hall–Kier alpha value is -1.06. The summed E-state index contributed by atoms with van der Waals surface area (Å²) >= 11 is 0. The first-order valence-electron chi connectivity index (χ1n) is 6.41. The first-order valence-corrected chi connectivity index (χ1v) is 6.41. The molecule has 0 radical (unpaired) electrons. The van der Waals surface area contributed by atoms with Crippen LogP contribution in [0.2, 0.25) is 0 Å². The number of nitrogens with two attached hydrogens (primary N) is 1. The van der Waals surface area contributed by atoms with Crippen LogP contribution in [0, 0.1) is 0 Å². The van der Waals surface area contributed by atoms with Crippen molar-refractivity contribution in [2.45, 2.75) is 25.4 Å². The third kappa shape index (κ3) is 3.45. The Bertz CT molecular complexity index is 341. The first kappa shape index (κ1) is 12.4. The van der Waals surface area contributed by atoms with Crippen LogP contribution in [-0.2, 0) is 6.54 Å². The lowest BCUT2D eigenvalue weighted by atomic mass is 10.2. The highest BCUT2D eigenvalue weighted by atomic mass is 15.2. The zero-order valence-corrected chi connectivity index (χ0v) is 10.9.